The average Bonchev–Trinajstić information content (AvgIpc) is 2.40. The van der Waals surface area contributed by atoms with E-state index in [0.29, 0.717) is 17.7 Å². The van der Waals surface area contributed by atoms with E-state index in [4.69, 9.17) is 0 Å². The van der Waals surface area contributed by atoms with Crippen molar-refractivity contribution < 1.29 is 13.2 Å². The molecule has 0 aliphatic heterocycles. The zero-order valence-corrected chi connectivity index (χ0v) is 11.4. The molecule has 0 aliphatic carbocycles. The maximum Gasteiger partial charge on any atom is 0.129 e. The van der Waals surface area contributed by atoms with Gasteiger partial charge >= 0.3 is 0 Å². The van der Waals surface area contributed by atoms with Crippen molar-refractivity contribution in [3.05, 3.63) is 70.0 Å². The molecule has 0 saturated carbocycles. The molecule has 20 heavy (non-hydrogen) atoms. The van der Waals surface area contributed by atoms with Crippen LogP contribution in [0.1, 0.15) is 22.3 Å². The molecule has 2 aromatic carbocycles. The number of halogens is 3. The molecule has 0 aliphatic rings. The van der Waals surface area contributed by atoms with E-state index in [0.717, 1.165) is 17.7 Å². The quantitative estimate of drug-likeness (QED) is 0.891. The van der Waals surface area contributed by atoms with Crippen LogP contribution in [0.5, 0.6) is 0 Å². The Kier molecular flexibility index (Phi) is 4.45. The van der Waals surface area contributed by atoms with Crippen molar-refractivity contribution in [2.45, 2.75) is 26.9 Å². The van der Waals surface area contributed by atoms with Gasteiger partial charge in [0.25, 0.3) is 0 Å². The summed E-state index contributed by atoms with van der Waals surface area (Å²) in [7, 11) is 0. The third-order valence-electron chi connectivity index (χ3n) is 3.15. The molecular weight excluding hydrogens is 263 g/mol. The largest absolute Gasteiger partial charge is 0.309 e. The lowest BCUT2D eigenvalue weighted by atomic mass is 10.1. The van der Waals surface area contributed by atoms with Gasteiger partial charge in [0.1, 0.15) is 17.5 Å². The summed E-state index contributed by atoms with van der Waals surface area (Å²) >= 11 is 0. The first-order valence-electron chi connectivity index (χ1n) is 6.37. The lowest BCUT2D eigenvalue weighted by Gasteiger charge is -2.09. The predicted molar refractivity (Wildman–Crippen MR) is 72.8 cm³/mol. The SMILES string of the molecule is Cc1cc(CNCc2cc(F)ccc2F)cc(C)c1F. The first-order valence-corrected chi connectivity index (χ1v) is 6.37. The van der Waals surface area contributed by atoms with Crippen molar-refractivity contribution in [2.24, 2.45) is 0 Å². The maximum absolute atomic E-state index is 13.5. The Labute approximate surface area is 116 Å². The van der Waals surface area contributed by atoms with Crippen molar-refractivity contribution >= 4 is 0 Å². The van der Waals surface area contributed by atoms with Gasteiger partial charge in [-0.2, -0.15) is 0 Å². The number of rotatable bonds is 4. The minimum absolute atomic E-state index is 0.204. The third-order valence-corrected chi connectivity index (χ3v) is 3.15. The van der Waals surface area contributed by atoms with Crippen molar-refractivity contribution in [3.8, 4) is 0 Å². The van der Waals surface area contributed by atoms with Gasteiger partial charge in [-0.3, -0.25) is 0 Å². The number of hydrogen-bond donors (Lipinski definition) is 1. The fourth-order valence-electron chi connectivity index (χ4n) is 2.16. The average molecular weight is 279 g/mol. The van der Waals surface area contributed by atoms with E-state index in [9.17, 15) is 13.2 Å². The van der Waals surface area contributed by atoms with Crippen molar-refractivity contribution in [1.82, 2.24) is 5.32 Å². The molecule has 1 N–H and O–H groups in total. The minimum Gasteiger partial charge on any atom is -0.309 e. The van der Waals surface area contributed by atoms with E-state index in [1.165, 1.54) is 6.07 Å². The highest BCUT2D eigenvalue weighted by Crippen LogP contribution is 2.15. The Morgan fingerprint density at radius 2 is 1.55 bits per heavy atom. The fraction of sp³-hybridized carbons (Fsp3) is 0.250. The summed E-state index contributed by atoms with van der Waals surface area (Å²) in [6, 6.07) is 6.86. The normalized spacial score (nSPS) is 10.8. The minimum atomic E-state index is -0.461. The molecule has 0 bridgehead atoms. The van der Waals surface area contributed by atoms with Gasteiger partial charge in [0, 0.05) is 18.7 Å². The molecular formula is C16H16F3N. The van der Waals surface area contributed by atoms with Gasteiger partial charge in [0.2, 0.25) is 0 Å². The highest BCUT2D eigenvalue weighted by molar-refractivity contribution is 5.30. The van der Waals surface area contributed by atoms with Crippen LogP contribution < -0.4 is 5.32 Å². The second-order valence-corrected chi connectivity index (χ2v) is 4.88. The van der Waals surface area contributed by atoms with E-state index in [1.807, 2.05) is 0 Å². The third kappa shape index (κ3) is 3.39. The standard InChI is InChI=1S/C16H16F3N/c1-10-5-12(6-11(2)16(10)19)8-20-9-13-7-14(17)3-4-15(13)18/h3-7,20H,8-9H2,1-2H3. The van der Waals surface area contributed by atoms with Crippen LogP contribution >= 0.6 is 0 Å². The van der Waals surface area contributed by atoms with Gasteiger partial charge < -0.3 is 5.32 Å². The molecule has 0 atom stereocenters. The Hall–Kier alpha value is -1.81. The molecule has 0 fully saturated rings. The Balaban J connectivity index is 2.01. The first-order chi connectivity index (χ1) is 9.47. The number of aryl methyl sites for hydroxylation is 2. The highest BCUT2D eigenvalue weighted by atomic mass is 19.1. The lowest BCUT2D eigenvalue weighted by molar-refractivity contribution is 0.568. The Bertz CT molecular complexity index is 600. The molecule has 0 unspecified atom stereocenters. The topological polar surface area (TPSA) is 12.0 Å². The zero-order chi connectivity index (χ0) is 14.7. The predicted octanol–water partition coefficient (Wildman–Crippen LogP) is 4.01. The van der Waals surface area contributed by atoms with Gasteiger partial charge in [-0.15, -0.1) is 0 Å². The second kappa shape index (κ2) is 6.09. The van der Waals surface area contributed by atoms with Gasteiger partial charge in [0.15, 0.2) is 0 Å². The number of benzene rings is 2. The maximum atomic E-state index is 13.5. The Morgan fingerprint density at radius 3 is 2.20 bits per heavy atom. The number of nitrogens with one attached hydrogen (secondary N) is 1. The summed E-state index contributed by atoms with van der Waals surface area (Å²) in [6.45, 7) is 4.10. The van der Waals surface area contributed by atoms with Crippen LogP contribution in [0.4, 0.5) is 13.2 Å². The summed E-state index contributed by atoms with van der Waals surface area (Å²) in [5, 5.41) is 3.03. The van der Waals surface area contributed by atoms with Crippen LogP contribution in [0.25, 0.3) is 0 Å². The molecule has 1 nitrogen and oxygen atoms in total. The molecule has 0 heterocycles. The van der Waals surface area contributed by atoms with Gasteiger partial charge in [-0.25, -0.2) is 13.2 Å². The van der Waals surface area contributed by atoms with Crippen LogP contribution in [0.15, 0.2) is 30.3 Å². The first kappa shape index (κ1) is 14.6. The van der Waals surface area contributed by atoms with Crippen LogP contribution in [0.3, 0.4) is 0 Å². The van der Waals surface area contributed by atoms with E-state index >= 15 is 0 Å². The lowest BCUT2D eigenvalue weighted by Crippen LogP contribution is -2.14. The highest BCUT2D eigenvalue weighted by Gasteiger charge is 2.06. The van der Waals surface area contributed by atoms with Crippen LogP contribution in [-0.2, 0) is 13.1 Å². The number of hydrogen-bond acceptors (Lipinski definition) is 1. The van der Waals surface area contributed by atoms with Crippen molar-refractivity contribution in [2.75, 3.05) is 0 Å². The summed E-state index contributed by atoms with van der Waals surface area (Å²) < 4.78 is 39.9. The second-order valence-electron chi connectivity index (χ2n) is 4.88. The van der Waals surface area contributed by atoms with Gasteiger partial charge in [0.05, 0.1) is 0 Å². The fourth-order valence-corrected chi connectivity index (χ4v) is 2.16. The van der Waals surface area contributed by atoms with E-state index < -0.39 is 11.6 Å². The van der Waals surface area contributed by atoms with Crippen LogP contribution in [0.2, 0.25) is 0 Å². The van der Waals surface area contributed by atoms with Crippen LogP contribution in [0, 0.1) is 31.3 Å². The molecule has 0 saturated heterocycles. The smallest absolute Gasteiger partial charge is 0.129 e. The molecule has 106 valence electrons. The summed E-state index contributed by atoms with van der Waals surface area (Å²) in [6.07, 6.45) is 0. The van der Waals surface area contributed by atoms with E-state index in [-0.39, 0.29) is 17.9 Å². The van der Waals surface area contributed by atoms with Gasteiger partial charge in [-0.1, -0.05) is 12.1 Å². The van der Waals surface area contributed by atoms with Crippen LogP contribution in [-0.4, -0.2) is 0 Å². The van der Waals surface area contributed by atoms with Crippen molar-refractivity contribution in [3.63, 3.8) is 0 Å². The van der Waals surface area contributed by atoms with Gasteiger partial charge in [-0.05, 0) is 48.7 Å². The Morgan fingerprint density at radius 1 is 0.900 bits per heavy atom. The molecule has 0 aromatic heterocycles. The summed E-state index contributed by atoms with van der Waals surface area (Å²) in [5.74, 6) is -1.10. The molecule has 2 aromatic rings. The summed E-state index contributed by atoms with van der Waals surface area (Å²) in [5.41, 5.74) is 2.36. The molecule has 4 heteroatoms. The molecule has 2 rings (SSSR count). The van der Waals surface area contributed by atoms with E-state index in [1.54, 1.807) is 26.0 Å². The zero-order valence-electron chi connectivity index (χ0n) is 11.4. The monoisotopic (exact) mass is 279 g/mol. The summed E-state index contributed by atoms with van der Waals surface area (Å²) in [4.78, 5) is 0. The molecule has 0 amide bonds. The molecule has 0 radical (unpaired) electrons. The molecule has 0 spiro atoms. The van der Waals surface area contributed by atoms with E-state index in [2.05, 4.69) is 5.32 Å². The van der Waals surface area contributed by atoms with Crippen molar-refractivity contribution in [1.29, 1.82) is 0 Å².